The Labute approximate surface area is 219 Å². The first-order chi connectivity index (χ1) is 18.8. The number of nitrogens with zero attached hydrogens (tertiary/aromatic N) is 1. The minimum Gasteiger partial charge on any atom is -0.354 e. The van der Waals surface area contributed by atoms with Crippen molar-refractivity contribution in [1.82, 2.24) is 9.38 Å². The van der Waals surface area contributed by atoms with Crippen LogP contribution >= 0.6 is 0 Å². The summed E-state index contributed by atoms with van der Waals surface area (Å²) >= 11 is 0. The highest BCUT2D eigenvalue weighted by Crippen LogP contribution is 2.46. The lowest BCUT2D eigenvalue weighted by Crippen LogP contribution is -1.96. The number of hydrogen-bond acceptors (Lipinski definition) is 0. The molecule has 0 saturated heterocycles. The molecule has 0 unspecified atom stereocenters. The largest absolute Gasteiger partial charge is 0.354 e. The van der Waals surface area contributed by atoms with Gasteiger partial charge in [0.1, 0.15) is 0 Å². The molecule has 0 amide bonds. The van der Waals surface area contributed by atoms with Crippen LogP contribution in [0.15, 0.2) is 109 Å². The van der Waals surface area contributed by atoms with Crippen molar-refractivity contribution in [3.05, 3.63) is 120 Å². The molecular formula is C36H24N2. The summed E-state index contributed by atoms with van der Waals surface area (Å²) in [4.78, 5) is 3.79. The Morgan fingerprint density at radius 2 is 1.29 bits per heavy atom. The third-order valence-corrected chi connectivity index (χ3v) is 8.51. The molecule has 178 valence electrons. The molecule has 2 heteroatoms. The number of aromatic amines is 1. The molecule has 5 aromatic carbocycles. The quantitative estimate of drug-likeness (QED) is 0.252. The normalized spacial score (nSPS) is 13.5. The van der Waals surface area contributed by atoms with Gasteiger partial charge >= 0.3 is 0 Å². The standard InChI is InChI=1S/C36H24N2/c1-3-9-22(10-4-1)24-15-17-30-29(20-24)34-31(37-30)21-28-27-19-25(23-11-5-2-6-12-23)16-18-33(27)38-32-14-8-7-13-26(32)35(34)36(28)38/h1-7,9-13,15-21,37H,8,14H2. The molecule has 1 aliphatic rings. The van der Waals surface area contributed by atoms with Gasteiger partial charge in [0.05, 0.1) is 11.0 Å². The predicted octanol–water partition coefficient (Wildman–Crippen LogP) is 9.61. The third-order valence-electron chi connectivity index (χ3n) is 8.51. The van der Waals surface area contributed by atoms with Crippen LogP contribution < -0.4 is 0 Å². The Bertz CT molecular complexity index is 2210. The van der Waals surface area contributed by atoms with Gasteiger partial charge in [-0.05, 0) is 65.4 Å². The molecular weight excluding hydrogens is 460 g/mol. The fourth-order valence-electron chi connectivity index (χ4n) is 6.84. The van der Waals surface area contributed by atoms with Crippen molar-refractivity contribution < 1.29 is 0 Å². The SMILES string of the molecule is C1=Cc2c(n3c4ccc(-c5ccccc5)cc4c4cc5[nH]c6ccc(-c7ccccc7)cc6c5c2c43)CC1. The van der Waals surface area contributed by atoms with Gasteiger partial charge in [0, 0.05) is 49.2 Å². The average Bonchev–Trinajstić information content (AvgIpc) is 3.63. The Kier molecular flexibility index (Phi) is 3.93. The lowest BCUT2D eigenvalue weighted by Gasteiger charge is -2.09. The van der Waals surface area contributed by atoms with Crippen LogP contribution in [0.25, 0.3) is 77.3 Å². The number of aromatic nitrogens is 2. The van der Waals surface area contributed by atoms with E-state index in [1.54, 1.807) is 0 Å². The summed E-state index contributed by atoms with van der Waals surface area (Å²) in [6, 6.07) is 37.7. The fraction of sp³-hybridized carbons (Fsp3) is 0.0556. The highest BCUT2D eigenvalue weighted by Gasteiger charge is 2.25. The van der Waals surface area contributed by atoms with E-state index in [1.807, 2.05) is 0 Å². The average molecular weight is 485 g/mol. The molecule has 0 radical (unpaired) electrons. The van der Waals surface area contributed by atoms with E-state index in [0.29, 0.717) is 0 Å². The molecule has 1 aliphatic carbocycles. The van der Waals surface area contributed by atoms with Crippen molar-refractivity contribution in [3.63, 3.8) is 0 Å². The molecule has 0 bridgehead atoms. The predicted molar refractivity (Wildman–Crippen MR) is 161 cm³/mol. The zero-order valence-corrected chi connectivity index (χ0v) is 20.8. The van der Waals surface area contributed by atoms with Crippen LogP contribution in [0.5, 0.6) is 0 Å². The number of rotatable bonds is 2. The summed E-state index contributed by atoms with van der Waals surface area (Å²) < 4.78 is 2.56. The first-order valence-corrected chi connectivity index (χ1v) is 13.4. The molecule has 8 aromatic rings. The maximum Gasteiger partial charge on any atom is 0.0624 e. The van der Waals surface area contributed by atoms with Gasteiger partial charge in [0.2, 0.25) is 0 Å². The second kappa shape index (κ2) is 7.36. The van der Waals surface area contributed by atoms with Gasteiger partial charge < -0.3 is 9.38 Å². The van der Waals surface area contributed by atoms with E-state index in [-0.39, 0.29) is 0 Å². The lowest BCUT2D eigenvalue weighted by atomic mass is 9.95. The molecule has 38 heavy (non-hydrogen) atoms. The minimum absolute atomic E-state index is 1.07. The zero-order valence-electron chi connectivity index (χ0n) is 20.8. The number of nitrogens with one attached hydrogen (secondary N) is 1. The summed E-state index contributed by atoms with van der Waals surface area (Å²) in [6.07, 6.45) is 6.87. The summed E-state index contributed by atoms with van der Waals surface area (Å²) in [5.74, 6) is 0. The van der Waals surface area contributed by atoms with Gasteiger partial charge in [-0.3, -0.25) is 0 Å². The minimum atomic E-state index is 1.07. The van der Waals surface area contributed by atoms with E-state index in [4.69, 9.17) is 0 Å². The maximum absolute atomic E-state index is 3.79. The highest BCUT2D eigenvalue weighted by molar-refractivity contribution is 6.30. The zero-order chi connectivity index (χ0) is 24.8. The van der Waals surface area contributed by atoms with Crippen molar-refractivity contribution in [2.45, 2.75) is 12.8 Å². The Hall–Kier alpha value is -4.82. The number of aryl methyl sites for hydroxylation is 1. The van der Waals surface area contributed by atoms with E-state index in [0.717, 1.165) is 12.8 Å². The molecule has 0 fully saturated rings. The maximum atomic E-state index is 3.79. The Morgan fingerprint density at radius 3 is 2.05 bits per heavy atom. The number of benzene rings is 5. The van der Waals surface area contributed by atoms with Crippen LogP contribution in [-0.4, -0.2) is 9.38 Å². The van der Waals surface area contributed by atoms with Crippen molar-refractivity contribution in [2.24, 2.45) is 0 Å². The first-order valence-electron chi connectivity index (χ1n) is 13.4. The smallest absolute Gasteiger partial charge is 0.0624 e. The Balaban J connectivity index is 1.44. The van der Waals surface area contributed by atoms with Crippen LogP contribution in [-0.2, 0) is 6.42 Å². The Morgan fingerprint density at radius 1 is 0.579 bits per heavy atom. The van der Waals surface area contributed by atoms with E-state index >= 15 is 0 Å². The van der Waals surface area contributed by atoms with Gasteiger partial charge in [-0.25, -0.2) is 0 Å². The van der Waals surface area contributed by atoms with Crippen LogP contribution in [0.2, 0.25) is 0 Å². The molecule has 0 aliphatic heterocycles. The molecule has 1 N–H and O–H groups in total. The van der Waals surface area contributed by atoms with Gasteiger partial charge in [-0.2, -0.15) is 0 Å². The number of hydrogen-bond donors (Lipinski definition) is 1. The third kappa shape index (κ3) is 2.62. The summed E-state index contributed by atoms with van der Waals surface area (Å²) in [6.45, 7) is 0. The molecule has 2 nitrogen and oxygen atoms in total. The molecule has 9 rings (SSSR count). The van der Waals surface area contributed by atoms with Crippen molar-refractivity contribution in [1.29, 1.82) is 0 Å². The second-order valence-corrected chi connectivity index (χ2v) is 10.6. The van der Waals surface area contributed by atoms with Crippen molar-refractivity contribution in [2.75, 3.05) is 0 Å². The van der Waals surface area contributed by atoms with E-state index in [2.05, 4.69) is 125 Å². The summed E-state index contributed by atoms with van der Waals surface area (Å²) in [5, 5.41) is 6.69. The van der Waals surface area contributed by atoms with Crippen LogP contribution in [0.3, 0.4) is 0 Å². The van der Waals surface area contributed by atoms with Crippen LogP contribution in [0.1, 0.15) is 17.7 Å². The summed E-state index contributed by atoms with van der Waals surface area (Å²) in [5.41, 5.74) is 12.9. The van der Waals surface area contributed by atoms with Gasteiger partial charge in [0.25, 0.3) is 0 Å². The lowest BCUT2D eigenvalue weighted by molar-refractivity contribution is 0.926. The number of H-pyrrole nitrogens is 1. The van der Waals surface area contributed by atoms with Gasteiger partial charge in [-0.1, -0.05) is 84.9 Å². The van der Waals surface area contributed by atoms with E-state index in [1.165, 1.54) is 82.5 Å². The molecule has 0 spiro atoms. The molecule has 3 aromatic heterocycles. The highest BCUT2D eigenvalue weighted by atomic mass is 14.9. The van der Waals surface area contributed by atoms with Crippen molar-refractivity contribution >= 4 is 55.1 Å². The van der Waals surface area contributed by atoms with Gasteiger partial charge in [0.15, 0.2) is 0 Å². The second-order valence-electron chi connectivity index (χ2n) is 10.6. The fourth-order valence-corrected chi connectivity index (χ4v) is 6.84. The van der Waals surface area contributed by atoms with Crippen LogP contribution in [0.4, 0.5) is 0 Å². The monoisotopic (exact) mass is 484 g/mol. The van der Waals surface area contributed by atoms with Gasteiger partial charge in [-0.15, -0.1) is 0 Å². The molecule has 3 heterocycles. The summed E-state index contributed by atoms with van der Waals surface area (Å²) in [7, 11) is 0. The van der Waals surface area contributed by atoms with Crippen molar-refractivity contribution in [3.8, 4) is 22.3 Å². The van der Waals surface area contributed by atoms with E-state index in [9.17, 15) is 0 Å². The first kappa shape index (κ1) is 20.3. The van der Waals surface area contributed by atoms with E-state index < -0.39 is 0 Å². The number of allylic oxidation sites excluding steroid dienone is 1. The number of fused-ring (bicyclic) bond motifs is 10. The topological polar surface area (TPSA) is 20.2 Å². The molecule has 0 saturated carbocycles. The van der Waals surface area contributed by atoms with Crippen LogP contribution in [0, 0.1) is 0 Å². The molecule has 0 atom stereocenters.